The normalized spacial score (nSPS) is 11.4. The van der Waals surface area contributed by atoms with E-state index in [2.05, 4.69) is 4.98 Å². The molecule has 0 unspecified atom stereocenters. The molecule has 1 rings (SSSR count). The van der Waals surface area contributed by atoms with E-state index < -0.39 is 29.2 Å². The van der Waals surface area contributed by atoms with E-state index in [1.165, 1.54) is 0 Å². The van der Waals surface area contributed by atoms with Crippen LogP contribution in [-0.4, -0.2) is 16.0 Å². The van der Waals surface area contributed by atoms with E-state index in [4.69, 9.17) is 10.8 Å². The number of carbonyl (C=O) groups is 1. The average Bonchev–Trinajstić information content (AvgIpc) is 2.02. The van der Waals surface area contributed by atoms with Gasteiger partial charge in [0.1, 0.15) is 11.4 Å². The summed E-state index contributed by atoms with van der Waals surface area (Å²) >= 11 is 0. The van der Waals surface area contributed by atoms with Gasteiger partial charge in [0, 0.05) is 0 Å². The Morgan fingerprint density at radius 2 is 2.00 bits per heavy atom. The molecule has 0 fully saturated rings. The lowest BCUT2D eigenvalue weighted by Gasteiger charge is -2.06. The van der Waals surface area contributed by atoms with Gasteiger partial charge in [0.2, 0.25) is 0 Å². The quantitative estimate of drug-likeness (QED) is 0.716. The van der Waals surface area contributed by atoms with Gasteiger partial charge in [-0.3, -0.25) is 4.79 Å². The number of rotatable bonds is 1. The molecular formula is C7H5F3N2O2. The summed E-state index contributed by atoms with van der Waals surface area (Å²) in [4.78, 5) is 13.4. The molecule has 0 saturated heterocycles. The van der Waals surface area contributed by atoms with Crippen molar-refractivity contribution in [1.29, 1.82) is 0 Å². The van der Waals surface area contributed by atoms with E-state index in [-0.39, 0.29) is 0 Å². The zero-order valence-corrected chi connectivity index (χ0v) is 6.67. The topological polar surface area (TPSA) is 76.2 Å². The second-order valence-electron chi connectivity index (χ2n) is 2.43. The Labute approximate surface area is 76.2 Å². The number of amides is 1. The molecule has 0 aliphatic carbocycles. The number of nitrogens with zero attached hydrogens (tertiary/aromatic N) is 1. The van der Waals surface area contributed by atoms with Crippen molar-refractivity contribution in [1.82, 2.24) is 4.98 Å². The summed E-state index contributed by atoms with van der Waals surface area (Å²) < 4.78 is 36.2. The van der Waals surface area contributed by atoms with E-state index in [9.17, 15) is 18.0 Å². The molecule has 0 bridgehead atoms. The molecule has 14 heavy (non-hydrogen) atoms. The van der Waals surface area contributed by atoms with E-state index in [0.29, 0.717) is 6.07 Å². The van der Waals surface area contributed by atoms with Gasteiger partial charge >= 0.3 is 6.18 Å². The third-order valence-electron chi connectivity index (χ3n) is 1.40. The number of alkyl halides is 3. The molecular weight excluding hydrogens is 201 g/mol. The zero-order valence-electron chi connectivity index (χ0n) is 6.67. The highest BCUT2D eigenvalue weighted by Gasteiger charge is 2.33. The van der Waals surface area contributed by atoms with Crippen LogP contribution in [0.2, 0.25) is 0 Å². The minimum Gasteiger partial charge on any atom is -0.505 e. The lowest BCUT2D eigenvalue weighted by atomic mass is 10.2. The summed E-state index contributed by atoms with van der Waals surface area (Å²) in [5.41, 5.74) is 2.63. The van der Waals surface area contributed by atoms with Crippen LogP contribution in [0.1, 0.15) is 16.2 Å². The molecule has 0 aliphatic rings. The zero-order chi connectivity index (χ0) is 10.9. The van der Waals surface area contributed by atoms with E-state index in [1.807, 2.05) is 0 Å². The smallest absolute Gasteiger partial charge is 0.433 e. The van der Waals surface area contributed by atoms with E-state index >= 15 is 0 Å². The molecule has 1 aromatic rings. The van der Waals surface area contributed by atoms with Crippen molar-refractivity contribution in [3.63, 3.8) is 0 Å². The number of hydrogen-bond donors (Lipinski definition) is 2. The Balaban J connectivity index is 3.27. The minimum atomic E-state index is -4.67. The van der Waals surface area contributed by atoms with Crippen LogP contribution in [0.3, 0.4) is 0 Å². The first-order valence-electron chi connectivity index (χ1n) is 3.39. The predicted molar refractivity (Wildman–Crippen MR) is 39.4 cm³/mol. The molecule has 0 saturated carbocycles. The SMILES string of the molecule is NC(=O)c1nc(C(F)(F)F)ccc1O. The molecule has 0 atom stereocenters. The van der Waals surface area contributed by atoms with Crippen LogP contribution in [0, 0.1) is 0 Å². The van der Waals surface area contributed by atoms with Crippen molar-refractivity contribution < 1.29 is 23.1 Å². The molecule has 1 amide bonds. The van der Waals surface area contributed by atoms with Crippen LogP contribution in [0.25, 0.3) is 0 Å². The number of halogens is 3. The highest BCUT2D eigenvalue weighted by Crippen LogP contribution is 2.29. The van der Waals surface area contributed by atoms with Gasteiger partial charge in [0.15, 0.2) is 5.69 Å². The van der Waals surface area contributed by atoms with Crippen molar-refractivity contribution in [2.75, 3.05) is 0 Å². The van der Waals surface area contributed by atoms with E-state index in [0.717, 1.165) is 6.07 Å². The molecule has 1 aromatic heterocycles. The van der Waals surface area contributed by atoms with Crippen molar-refractivity contribution in [2.45, 2.75) is 6.18 Å². The van der Waals surface area contributed by atoms with Gasteiger partial charge in [-0.2, -0.15) is 13.2 Å². The van der Waals surface area contributed by atoms with Crippen LogP contribution in [0.4, 0.5) is 13.2 Å². The number of nitrogens with two attached hydrogens (primary N) is 1. The maximum absolute atomic E-state index is 12.1. The van der Waals surface area contributed by atoms with Gasteiger partial charge in [-0.1, -0.05) is 0 Å². The molecule has 0 aromatic carbocycles. The Morgan fingerprint density at radius 1 is 1.43 bits per heavy atom. The van der Waals surface area contributed by atoms with Crippen LogP contribution in [-0.2, 0) is 6.18 Å². The highest BCUT2D eigenvalue weighted by molar-refractivity contribution is 5.93. The van der Waals surface area contributed by atoms with Crippen molar-refractivity contribution in [3.05, 3.63) is 23.5 Å². The second-order valence-corrected chi connectivity index (χ2v) is 2.43. The Bertz CT molecular complexity index is 376. The van der Waals surface area contributed by atoms with Gasteiger partial charge in [-0.05, 0) is 12.1 Å². The monoisotopic (exact) mass is 206 g/mol. The fraction of sp³-hybridized carbons (Fsp3) is 0.143. The first-order valence-corrected chi connectivity index (χ1v) is 3.39. The first-order chi connectivity index (χ1) is 6.32. The lowest BCUT2D eigenvalue weighted by Crippen LogP contribution is -2.17. The van der Waals surface area contributed by atoms with Crippen molar-refractivity contribution in [2.24, 2.45) is 5.73 Å². The molecule has 1 heterocycles. The summed E-state index contributed by atoms with van der Waals surface area (Å²) in [6.07, 6.45) is -4.67. The molecule has 0 spiro atoms. The standard InChI is InChI=1S/C7H5F3N2O2/c8-7(9,10)4-2-1-3(13)5(12-4)6(11)14/h1-2,13H,(H2,11,14). The lowest BCUT2D eigenvalue weighted by molar-refractivity contribution is -0.141. The van der Waals surface area contributed by atoms with Crippen LogP contribution < -0.4 is 5.73 Å². The largest absolute Gasteiger partial charge is 0.505 e. The summed E-state index contributed by atoms with van der Waals surface area (Å²) in [6.45, 7) is 0. The maximum atomic E-state index is 12.1. The third-order valence-corrected chi connectivity index (χ3v) is 1.40. The van der Waals surface area contributed by atoms with Crippen LogP contribution in [0.15, 0.2) is 12.1 Å². The maximum Gasteiger partial charge on any atom is 0.433 e. The summed E-state index contributed by atoms with van der Waals surface area (Å²) in [6, 6.07) is 1.28. The second kappa shape index (κ2) is 3.17. The highest BCUT2D eigenvalue weighted by atomic mass is 19.4. The summed E-state index contributed by atoms with van der Waals surface area (Å²) in [5, 5.41) is 8.94. The number of pyridine rings is 1. The molecule has 76 valence electrons. The molecule has 0 radical (unpaired) electrons. The van der Waals surface area contributed by atoms with Gasteiger partial charge < -0.3 is 10.8 Å². The first kappa shape index (κ1) is 10.3. The Morgan fingerprint density at radius 3 is 2.43 bits per heavy atom. The van der Waals surface area contributed by atoms with Gasteiger partial charge in [-0.15, -0.1) is 0 Å². The van der Waals surface area contributed by atoms with Crippen molar-refractivity contribution in [3.8, 4) is 5.75 Å². The van der Waals surface area contributed by atoms with E-state index in [1.54, 1.807) is 0 Å². The fourth-order valence-corrected chi connectivity index (χ4v) is 0.791. The number of aromatic nitrogens is 1. The van der Waals surface area contributed by atoms with Gasteiger partial charge in [0.05, 0.1) is 0 Å². The Kier molecular flexibility index (Phi) is 2.33. The van der Waals surface area contributed by atoms with Crippen LogP contribution in [0.5, 0.6) is 5.75 Å². The number of carbonyl (C=O) groups excluding carboxylic acids is 1. The predicted octanol–water partition coefficient (Wildman–Crippen LogP) is 0.905. The molecule has 0 aliphatic heterocycles. The number of primary amides is 1. The van der Waals surface area contributed by atoms with Crippen molar-refractivity contribution >= 4 is 5.91 Å². The fourth-order valence-electron chi connectivity index (χ4n) is 0.791. The van der Waals surface area contributed by atoms with Crippen LogP contribution >= 0.6 is 0 Å². The molecule has 3 N–H and O–H groups in total. The number of aromatic hydroxyl groups is 1. The Hall–Kier alpha value is -1.79. The molecule has 4 nitrogen and oxygen atoms in total. The molecule has 7 heteroatoms. The summed E-state index contributed by atoms with van der Waals surface area (Å²) in [5.74, 6) is -1.89. The third kappa shape index (κ3) is 1.93. The van der Waals surface area contributed by atoms with Gasteiger partial charge in [0.25, 0.3) is 5.91 Å². The average molecular weight is 206 g/mol. The summed E-state index contributed by atoms with van der Waals surface area (Å²) in [7, 11) is 0. The van der Waals surface area contributed by atoms with Gasteiger partial charge in [-0.25, -0.2) is 4.98 Å². The minimum absolute atomic E-state index is 0.557. The number of hydrogen-bond acceptors (Lipinski definition) is 3.